The van der Waals surface area contributed by atoms with E-state index in [0.29, 0.717) is 0 Å². The fraction of sp³-hybridized carbons (Fsp3) is 0. The second-order valence-electron chi connectivity index (χ2n) is 2.01. The van der Waals surface area contributed by atoms with Gasteiger partial charge >= 0.3 is 0 Å². The van der Waals surface area contributed by atoms with Crippen LogP contribution in [0, 0.1) is 0 Å². The van der Waals surface area contributed by atoms with Crippen LogP contribution in [0.5, 0.6) is 0 Å². The molecule has 10 heavy (non-hydrogen) atoms. The molecule has 0 radical (unpaired) electrons. The Morgan fingerprint density at radius 2 is 2.20 bits per heavy atom. The summed E-state index contributed by atoms with van der Waals surface area (Å²) in [6, 6.07) is 7.85. The minimum Gasteiger partial charge on any atom is -0.269 e. The molecule has 0 aromatic heterocycles. The van der Waals surface area contributed by atoms with Crippen molar-refractivity contribution in [1.29, 1.82) is 0 Å². The summed E-state index contributed by atoms with van der Waals surface area (Å²) in [4.78, 5) is 0. The summed E-state index contributed by atoms with van der Waals surface area (Å²) in [5.74, 6) is 0.991. The van der Waals surface area contributed by atoms with Crippen LogP contribution >= 0.6 is 0 Å². The number of H-pyrrole nitrogens is 3. The highest BCUT2D eigenvalue weighted by atomic mass is 15.5. The predicted octanol–water partition coefficient (Wildman–Crippen LogP) is 1.02. The fourth-order valence-electron chi connectivity index (χ4n) is 0.859. The SMILES string of the molecule is c1ccc2[nH][nH][nH]n-2cc1. The third kappa shape index (κ3) is 0.699. The maximum atomic E-state index is 2.92. The summed E-state index contributed by atoms with van der Waals surface area (Å²) < 4.78 is 1.85. The lowest BCUT2D eigenvalue weighted by molar-refractivity contribution is 0.799. The average Bonchev–Trinajstić information content (AvgIpc) is 2.28. The molecule has 0 aromatic carbocycles. The van der Waals surface area contributed by atoms with Crippen molar-refractivity contribution in [3.8, 4) is 5.82 Å². The highest BCUT2D eigenvalue weighted by molar-refractivity contribution is 5.17. The number of aromatic nitrogens is 4. The van der Waals surface area contributed by atoms with Crippen LogP contribution in [0.25, 0.3) is 5.82 Å². The molecular formula is C6H8N4. The van der Waals surface area contributed by atoms with Gasteiger partial charge in [-0.3, -0.25) is 5.10 Å². The molecule has 0 fully saturated rings. The Morgan fingerprint density at radius 1 is 1.20 bits per heavy atom. The second-order valence-corrected chi connectivity index (χ2v) is 2.01. The molecule has 52 valence electrons. The van der Waals surface area contributed by atoms with E-state index in [9.17, 15) is 0 Å². The van der Waals surface area contributed by atoms with Gasteiger partial charge in [-0.25, -0.2) is 15.1 Å². The largest absolute Gasteiger partial charge is 0.269 e. The third-order valence-electron chi connectivity index (χ3n) is 1.34. The summed E-state index contributed by atoms with van der Waals surface area (Å²) >= 11 is 0. The van der Waals surface area contributed by atoms with Gasteiger partial charge in [-0.15, -0.1) is 0 Å². The lowest BCUT2D eigenvalue weighted by atomic mass is 10.5. The average molecular weight is 136 g/mol. The molecular weight excluding hydrogens is 128 g/mol. The second kappa shape index (κ2) is 1.98. The van der Waals surface area contributed by atoms with Crippen molar-refractivity contribution in [1.82, 2.24) is 20.2 Å². The number of hydrogen-bond donors (Lipinski definition) is 3. The first-order valence-electron chi connectivity index (χ1n) is 3.08. The van der Waals surface area contributed by atoms with Crippen LogP contribution in [0.15, 0.2) is 30.5 Å². The maximum absolute atomic E-state index is 2.92. The molecule has 0 spiro atoms. The Balaban J connectivity index is 2.74. The molecule has 0 atom stereocenters. The molecule has 0 saturated carbocycles. The Morgan fingerprint density at radius 3 is 3.20 bits per heavy atom. The Labute approximate surface area is 57.5 Å². The van der Waals surface area contributed by atoms with Gasteiger partial charge in [0.15, 0.2) is 0 Å². The molecule has 4 nitrogen and oxygen atoms in total. The zero-order chi connectivity index (χ0) is 6.81. The van der Waals surface area contributed by atoms with Crippen LogP contribution in [0.1, 0.15) is 0 Å². The van der Waals surface area contributed by atoms with Crippen molar-refractivity contribution in [2.75, 3.05) is 0 Å². The number of nitrogens with one attached hydrogen (secondary N) is 3. The van der Waals surface area contributed by atoms with Crippen LogP contribution < -0.4 is 0 Å². The number of rotatable bonds is 0. The van der Waals surface area contributed by atoms with Gasteiger partial charge in [0.05, 0.1) is 0 Å². The molecule has 2 rings (SSSR count). The van der Waals surface area contributed by atoms with Crippen LogP contribution in [0.2, 0.25) is 0 Å². The number of fused-ring (bicyclic) bond motifs is 1. The van der Waals surface area contributed by atoms with Gasteiger partial charge in [0.2, 0.25) is 0 Å². The van der Waals surface area contributed by atoms with Crippen LogP contribution in [-0.4, -0.2) is 20.2 Å². The summed E-state index contributed by atoms with van der Waals surface area (Å²) in [5, 5.41) is 8.56. The minimum absolute atomic E-state index is 0.991. The van der Waals surface area contributed by atoms with Gasteiger partial charge in [-0.1, -0.05) is 12.1 Å². The van der Waals surface area contributed by atoms with Crippen molar-refractivity contribution < 1.29 is 0 Å². The van der Waals surface area contributed by atoms with E-state index >= 15 is 0 Å². The van der Waals surface area contributed by atoms with Crippen molar-refractivity contribution in [3.05, 3.63) is 30.5 Å². The molecule has 0 aromatic rings. The normalized spacial score (nSPS) is 10.0. The minimum atomic E-state index is 0.991. The van der Waals surface area contributed by atoms with Gasteiger partial charge in [0.1, 0.15) is 5.82 Å². The first kappa shape index (κ1) is 5.22. The van der Waals surface area contributed by atoms with Crippen molar-refractivity contribution in [2.45, 2.75) is 0 Å². The lowest BCUT2D eigenvalue weighted by Gasteiger charge is -1.90. The summed E-state index contributed by atoms with van der Waals surface area (Å²) in [5.41, 5.74) is 0. The van der Waals surface area contributed by atoms with Crippen molar-refractivity contribution in [2.24, 2.45) is 0 Å². The monoisotopic (exact) mass is 136 g/mol. The zero-order valence-corrected chi connectivity index (χ0v) is 5.33. The van der Waals surface area contributed by atoms with Crippen molar-refractivity contribution >= 4 is 0 Å². The van der Waals surface area contributed by atoms with E-state index < -0.39 is 0 Å². The molecule has 0 amide bonds. The predicted molar refractivity (Wildman–Crippen MR) is 37.6 cm³/mol. The van der Waals surface area contributed by atoms with Gasteiger partial charge in [0, 0.05) is 6.20 Å². The maximum Gasteiger partial charge on any atom is 0.146 e. The Kier molecular flexibility index (Phi) is 1.04. The van der Waals surface area contributed by atoms with Crippen LogP contribution in [-0.2, 0) is 0 Å². The zero-order valence-electron chi connectivity index (χ0n) is 5.33. The van der Waals surface area contributed by atoms with Crippen LogP contribution in [0.3, 0.4) is 0 Å². The highest BCUT2D eigenvalue weighted by Crippen LogP contribution is 1.97. The molecule has 2 heterocycles. The standard InChI is InChI=1S/C6H8N4/c1-2-4-6-7-8-9-10(6)5-3-1/h1-5,7-9H. The van der Waals surface area contributed by atoms with Crippen molar-refractivity contribution in [3.63, 3.8) is 0 Å². The summed E-state index contributed by atoms with van der Waals surface area (Å²) in [6.07, 6.45) is 1.92. The molecule has 2 aliphatic rings. The van der Waals surface area contributed by atoms with Gasteiger partial charge < -0.3 is 0 Å². The number of hydrogen-bond acceptors (Lipinski definition) is 0. The number of nitrogens with zero attached hydrogens (tertiary/aromatic N) is 1. The smallest absolute Gasteiger partial charge is 0.146 e. The van der Waals surface area contributed by atoms with E-state index in [0.717, 1.165) is 5.82 Å². The van der Waals surface area contributed by atoms with E-state index in [4.69, 9.17) is 0 Å². The molecule has 0 aliphatic carbocycles. The highest BCUT2D eigenvalue weighted by Gasteiger charge is 1.90. The fourth-order valence-corrected chi connectivity index (χ4v) is 0.859. The van der Waals surface area contributed by atoms with E-state index in [1.54, 1.807) is 0 Å². The molecule has 4 heteroatoms. The van der Waals surface area contributed by atoms with Gasteiger partial charge in [-0.05, 0) is 12.1 Å². The van der Waals surface area contributed by atoms with E-state index in [2.05, 4.69) is 15.5 Å². The Bertz CT molecular complexity index is 281. The summed E-state index contributed by atoms with van der Waals surface area (Å²) in [6.45, 7) is 0. The quantitative estimate of drug-likeness (QED) is 0.484. The molecule has 2 aliphatic heterocycles. The number of tetrazole rings is 1. The lowest BCUT2D eigenvalue weighted by Crippen LogP contribution is -1.89. The van der Waals surface area contributed by atoms with Gasteiger partial charge in [0.25, 0.3) is 0 Å². The van der Waals surface area contributed by atoms with E-state index in [1.807, 2.05) is 35.1 Å². The molecule has 0 unspecified atom stereocenters. The third-order valence-corrected chi connectivity index (χ3v) is 1.34. The molecule has 3 N–H and O–H groups in total. The molecule has 0 saturated heterocycles. The number of aromatic amines is 3. The first-order valence-corrected chi connectivity index (χ1v) is 3.08. The molecule has 0 bridgehead atoms. The Hall–Kier alpha value is -1.58. The van der Waals surface area contributed by atoms with Gasteiger partial charge in [-0.2, -0.15) is 0 Å². The summed E-state index contributed by atoms with van der Waals surface area (Å²) in [7, 11) is 0. The van der Waals surface area contributed by atoms with E-state index in [-0.39, 0.29) is 0 Å². The topological polar surface area (TPSA) is 52.3 Å². The van der Waals surface area contributed by atoms with E-state index in [1.165, 1.54) is 0 Å². The first-order chi connectivity index (χ1) is 4.97. The van der Waals surface area contributed by atoms with Crippen LogP contribution in [0.4, 0.5) is 0 Å².